The van der Waals surface area contributed by atoms with Crippen LogP contribution in [0.15, 0.2) is 48.7 Å². The zero-order chi connectivity index (χ0) is 13.0. The predicted octanol–water partition coefficient (Wildman–Crippen LogP) is 1.82. The van der Waals surface area contributed by atoms with Crippen LogP contribution in [0.3, 0.4) is 0 Å². The van der Waals surface area contributed by atoms with Crippen molar-refractivity contribution in [3.8, 4) is 0 Å². The summed E-state index contributed by atoms with van der Waals surface area (Å²) in [7, 11) is 1.89. The first-order chi connectivity index (χ1) is 8.68. The van der Waals surface area contributed by atoms with Crippen molar-refractivity contribution in [1.29, 1.82) is 0 Å². The van der Waals surface area contributed by atoms with E-state index < -0.39 is 5.91 Å². The molecule has 1 aromatic heterocycles. The fourth-order valence-corrected chi connectivity index (χ4v) is 1.83. The zero-order valence-electron chi connectivity index (χ0n) is 10.2. The number of pyridine rings is 1. The van der Waals surface area contributed by atoms with Crippen LogP contribution in [0.4, 0.5) is 5.82 Å². The Morgan fingerprint density at radius 1 is 1.22 bits per heavy atom. The van der Waals surface area contributed by atoms with Crippen molar-refractivity contribution in [3.63, 3.8) is 0 Å². The largest absolute Gasteiger partial charge is 0.365 e. The predicted molar refractivity (Wildman–Crippen MR) is 71.3 cm³/mol. The fourth-order valence-electron chi connectivity index (χ4n) is 1.83. The molecular weight excluding hydrogens is 226 g/mol. The summed E-state index contributed by atoms with van der Waals surface area (Å²) >= 11 is 0. The highest BCUT2D eigenvalue weighted by Gasteiger charge is 2.12. The maximum absolute atomic E-state index is 11.3. The van der Waals surface area contributed by atoms with Crippen LogP contribution in [0.25, 0.3) is 0 Å². The van der Waals surface area contributed by atoms with Gasteiger partial charge in [-0.05, 0) is 17.7 Å². The van der Waals surface area contributed by atoms with E-state index in [9.17, 15) is 4.79 Å². The number of nitrogens with zero attached hydrogens (tertiary/aromatic N) is 2. The summed E-state index contributed by atoms with van der Waals surface area (Å²) in [6, 6.07) is 13.4. The Morgan fingerprint density at radius 2 is 1.94 bits per heavy atom. The average molecular weight is 241 g/mol. The van der Waals surface area contributed by atoms with E-state index in [1.807, 2.05) is 42.3 Å². The Kier molecular flexibility index (Phi) is 3.57. The summed E-state index contributed by atoms with van der Waals surface area (Å²) in [5.74, 6) is 0.145. The zero-order valence-corrected chi connectivity index (χ0v) is 10.2. The molecular formula is C14H15N3O. The number of carbonyl (C=O) groups excluding carboxylic acids is 1. The minimum atomic E-state index is -0.460. The summed E-state index contributed by atoms with van der Waals surface area (Å²) in [6.45, 7) is 0.679. The maximum atomic E-state index is 11.3. The molecule has 92 valence electrons. The number of primary amides is 1. The van der Waals surface area contributed by atoms with Crippen molar-refractivity contribution in [1.82, 2.24) is 4.98 Å². The molecule has 1 amide bonds. The average Bonchev–Trinajstić information content (AvgIpc) is 2.40. The van der Waals surface area contributed by atoms with Gasteiger partial charge in [0.2, 0.25) is 0 Å². The molecule has 4 nitrogen and oxygen atoms in total. The molecule has 0 radical (unpaired) electrons. The minimum Gasteiger partial charge on any atom is -0.365 e. The number of benzene rings is 1. The molecule has 0 aliphatic heterocycles. The SMILES string of the molecule is CN(Cc1ccccc1)c1ncccc1C(N)=O. The molecule has 2 N–H and O–H groups in total. The van der Waals surface area contributed by atoms with Gasteiger partial charge in [0.1, 0.15) is 5.82 Å². The lowest BCUT2D eigenvalue weighted by atomic mass is 10.2. The van der Waals surface area contributed by atoms with Gasteiger partial charge in [0.15, 0.2) is 0 Å². The highest BCUT2D eigenvalue weighted by molar-refractivity contribution is 5.97. The number of anilines is 1. The van der Waals surface area contributed by atoms with Crippen molar-refractivity contribution in [2.75, 3.05) is 11.9 Å². The molecule has 2 aromatic rings. The summed E-state index contributed by atoms with van der Waals surface area (Å²) in [5.41, 5.74) is 6.93. The molecule has 0 unspecified atom stereocenters. The van der Waals surface area contributed by atoms with Gasteiger partial charge in [0, 0.05) is 19.8 Å². The Balaban J connectivity index is 2.24. The molecule has 0 saturated heterocycles. The van der Waals surface area contributed by atoms with Gasteiger partial charge in [-0.1, -0.05) is 30.3 Å². The third-order valence-corrected chi connectivity index (χ3v) is 2.68. The van der Waals surface area contributed by atoms with Gasteiger partial charge in [-0.2, -0.15) is 0 Å². The quantitative estimate of drug-likeness (QED) is 0.888. The summed E-state index contributed by atoms with van der Waals surface area (Å²) in [5, 5.41) is 0. The standard InChI is InChI=1S/C14H15N3O/c1-17(10-11-6-3-2-4-7-11)14-12(13(15)18)8-5-9-16-14/h2-9H,10H2,1H3,(H2,15,18). The molecule has 0 aliphatic rings. The van der Waals surface area contributed by atoms with Gasteiger partial charge in [-0.25, -0.2) is 4.98 Å². The first kappa shape index (κ1) is 12.1. The van der Waals surface area contributed by atoms with E-state index in [0.717, 1.165) is 5.56 Å². The smallest absolute Gasteiger partial charge is 0.252 e. The van der Waals surface area contributed by atoms with Gasteiger partial charge in [-0.3, -0.25) is 4.79 Å². The Morgan fingerprint density at radius 3 is 2.61 bits per heavy atom. The van der Waals surface area contributed by atoms with Crippen LogP contribution < -0.4 is 10.6 Å². The normalized spacial score (nSPS) is 10.1. The third-order valence-electron chi connectivity index (χ3n) is 2.68. The Bertz CT molecular complexity index is 540. The van der Waals surface area contributed by atoms with E-state index in [1.165, 1.54) is 0 Å². The van der Waals surface area contributed by atoms with Gasteiger partial charge in [0.05, 0.1) is 5.56 Å². The number of hydrogen-bond donors (Lipinski definition) is 1. The van der Waals surface area contributed by atoms with E-state index in [0.29, 0.717) is 17.9 Å². The number of rotatable bonds is 4. The number of amides is 1. The molecule has 2 rings (SSSR count). The number of carbonyl (C=O) groups is 1. The van der Waals surface area contributed by atoms with E-state index >= 15 is 0 Å². The molecule has 0 saturated carbocycles. The van der Waals surface area contributed by atoms with Gasteiger partial charge in [-0.15, -0.1) is 0 Å². The van der Waals surface area contributed by atoms with Crippen LogP contribution in [-0.2, 0) is 6.54 Å². The molecule has 0 fully saturated rings. The van der Waals surface area contributed by atoms with Crippen molar-refractivity contribution in [3.05, 3.63) is 59.8 Å². The maximum Gasteiger partial charge on any atom is 0.252 e. The first-order valence-corrected chi connectivity index (χ1v) is 5.68. The Hall–Kier alpha value is -2.36. The fraction of sp³-hybridized carbons (Fsp3) is 0.143. The summed E-state index contributed by atoms with van der Waals surface area (Å²) in [4.78, 5) is 17.5. The molecule has 0 aliphatic carbocycles. The van der Waals surface area contributed by atoms with Crippen LogP contribution >= 0.6 is 0 Å². The van der Waals surface area contributed by atoms with Crippen LogP contribution in [0.2, 0.25) is 0 Å². The van der Waals surface area contributed by atoms with E-state index in [2.05, 4.69) is 4.98 Å². The molecule has 0 spiro atoms. The second kappa shape index (κ2) is 5.31. The van der Waals surface area contributed by atoms with Crippen LogP contribution in [0.5, 0.6) is 0 Å². The van der Waals surface area contributed by atoms with E-state index in [1.54, 1.807) is 18.3 Å². The van der Waals surface area contributed by atoms with Crippen molar-refractivity contribution < 1.29 is 4.79 Å². The highest BCUT2D eigenvalue weighted by atomic mass is 16.1. The monoisotopic (exact) mass is 241 g/mol. The highest BCUT2D eigenvalue weighted by Crippen LogP contribution is 2.17. The second-order valence-electron chi connectivity index (χ2n) is 4.08. The molecule has 1 heterocycles. The molecule has 0 bridgehead atoms. The van der Waals surface area contributed by atoms with Gasteiger partial charge < -0.3 is 10.6 Å². The lowest BCUT2D eigenvalue weighted by molar-refractivity contribution is 0.100. The summed E-state index contributed by atoms with van der Waals surface area (Å²) < 4.78 is 0. The molecule has 1 aromatic carbocycles. The number of nitrogens with two attached hydrogens (primary N) is 1. The topological polar surface area (TPSA) is 59.2 Å². The number of aromatic nitrogens is 1. The van der Waals surface area contributed by atoms with E-state index in [-0.39, 0.29) is 0 Å². The second-order valence-corrected chi connectivity index (χ2v) is 4.08. The van der Waals surface area contributed by atoms with Crippen molar-refractivity contribution in [2.24, 2.45) is 5.73 Å². The number of hydrogen-bond acceptors (Lipinski definition) is 3. The minimum absolute atomic E-state index is 0.441. The van der Waals surface area contributed by atoms with Gasteiger partial charge in [0.25, 0.3) is 5.91 Å². The van der Waals surface area contributed by atoms with E-state index in [4.69, 9.17) is 5.73 Å². The lowest BCUT2D eigenvalue weighted by Crippen LogP contribution is -2.23. The first-order valence-electron chi connectivity index (χ1n) is 5.68. The molecule has 4 heteroatoms. The lowest BCUT2D eigenvalue weighted by Gasteiger charge is -2.20. The van der Waals surface area contributed by atoms with Crippen molar-refractivity contribution >= 4 is 11.7 Å². The van der Waals surface area contributed by atoms with Gasteiger partial charge >= 0.3 is 0 Å². The van der Waals surface area contributed by atoms with Crippen LogP contribution in [-0.4, -0.2) is 17.9 Å². The Labute approximate surface area is 106 Å². The molecule has 18 heavy (non-hydrogen) atoms. The summed E-state index contributed by atoms with van der Waals surface area (Å²) in [6.07, 6.45) is 1.66. The van der Waals surface area contributed by atoms with Crippen molar-refractivity contribution in [2.45, 2.75) is 6.54 Å². The van der Waals surface area contributed by atoms with Crippen LogP contribution in [0.1, 0.15) is 15.9 Å². The molecule has 0 atom stereocenters. The van der Waals surface area contributed by atoms with Crippen LogP contribution in [0, 0.1) is 0 Å². The third kappa shape index (κ3) is 2.66.